The molecule has 2 heterocycles. The number of thioether (sulfide) groups is 1. The summed E-state index contributed by atoms with van der Waals surface area (Å²) in [6, 6.07) is 16.4. The second-order valence-electron chi connectivity index (χ2n) is 6.01. The number of nitrogens with zero attached hydrogens (tertiary/aromatic N) is 5. The first-order valence-electron chi connectivity index (χ1n) is 8.43. The number of fused-ring (bicyclic) bond motifs is 1. The first-order valence-corrected chi connectivity index (χ1v) is 9.79. The molecule has 0 bridgehead atoms. The molecular weight excluding hydrogens is 410 g/mol. The van der Waals surface area contributed by atoms with Crippen molar-refractivity contribution in [3.05, 3.63) is 65.1 Å². The van der Waals surface area contributed by atoms with Crippen LogP contribution in [0.3, 0.4) is 0 Å². The average Bonchev–Trinajstić information content (AvgIpc) is 3.31. The molecule has 4 rings (SSSR count). The van der Waals surface area contributed by atoms with E-state index >= 15 is 0 Å². The number of rotatable bonds is 5. The van der Waals surface area contributed by atoms with Gasteiger partial charge >= 0.3 is 0 Å². The number of benzene rings is 2. The van der Waals surface area contributed by atoms with E-state index in [0.717, 1.165) is 22.8 Å². The molecule has 2 aromatic heterocycles. The third-order valence-electron chi connectivity index (χ3n) is 4.13. The van der Waals surface area contributed by atoms with Crippen molar-refractivity contribution in [3.63, 3.8) is 0 Å². The molecule has 0 fully saturated rings. The Kier molecular flexibility index (Phi) is 5.12. The molecule has 0 unspecified atom stereocenters. The summed E-state index contributed by atoms with van der Waals surface area (Å²) in [5.41, 5.74) is 2.32. The number of hydrogen-bond acceptors (Lipinski definition) is 7. The van der Waals surface area contributed by atoms with Gasteiger partial charge in [0.2, 0.25) is 5.16 Å². The predicted octanol–water partition coefficient (Wildman–Crippen LogP) is 3.77. The highest BCUT2D eigenvalue weighted by Crippen LogP contribution is 2.26. The van der Waals surface area contributed by atoms with Crippen LogP contribution in [0.25, 0.3) is 28.0 Å². The summed E-state index contributed by atoms with van der Waals surface area (Å²) in [4.78, 5) is 7.39. The minimum atomic E-state index is -0.132. The van der Waals surface area contributed by atoms with Crippen LogP contribution < -0.4 is 5.84 Å². The van der Waals surface area contributed by atoms with E-state index in [9.17, 15) is 10.4 Å². The number of aliphatic hydroxyl groups is 1. The smallest absolute Gasteiger partial charge is 0.210 e. The molecule has 0 saturated carbocycles. The molecule has 0 atom stereocenters. The Balaban J connectivity index is 1.56. The molecule has 29 heavy (non-hydrogen) atoms. The standard InChI is InChI=1S/C19H14ClN7OS/c20-12-7-5-11(6-8-12)18-25-26-19(27(18)22)29-10-16(28)13(9-21)17-23-14-3-1-2-4-15(14)24-17/h1-8,28H,10,22H2,(H,23,24). The highest BCUT2D eigenvalue weighted by atomic mass is 35.5. The minimum absolute atomic E-state index is 0.0645. The Morgan fingerprint density at radius 3 is 2.69 bits per heavy atom. The molecule has 0 spiro atoms. The topological polar surface area (TPSA) is 129 Å². The molecule has 4 aromatic rings. The second-order valence-corrected chi connectivity index (χ2v) is 7.39. The van der Waals surface area contributed by atoms with Gasteiger partial charge < -0.3 is 15.9 Å². The number of H-pyrrole nitrogens is 1. The minimum Gasteiger partial charge on any atom is -0.510 e. The molecule has 0 aliphatic carbocycles. The van der Waals surface area contributed by atoms with Crippen molar-refractivity contribution in [1.82, 2.24) is 24.8 Å². The predicted molar refractivity (Wildman–Crippen MR) is 113 cm³/mol. The second kappa shape index (κ2) is 7.87. The fourth-order valence-electron chi connectivity index (χ4n) is 2.70. The van der Waals surface area contributed by atoms with Crippen LogP contribution in [0.15, 0.2) is 59.4 Å². The van der Waals surface area contributed by atoms with E-state index in [0.29, 0.717) is 27.3 Å². The molecule has 0 aliphatic heterocycles. The number of aliphatic hydroxyl groups excluding tert-OH is 1. The molecular formula is C19H14ClN7OS. The number of para-hydroxylation sites is 2. The van der Waals surface area contributed by atoms with Crippen molar-refractivity contribution >= 4 is 40.0 Å². The van der Waals surface area contributed by atoms with Crippen LogP contribution in [-0.4, -0.2) is 35.7 Å². The Bertz CT molecular complexity index is 1220. The van der Waals surface area contributed by atoms with Crippen LogP contribution in [0.1, 0.15) is 5.82 Å². The molecule has 144 valence electrons. The van der Waals surface area contributed by atoms with Gasteiger partial charge in [-0.1, -0.05) is 35.5 Å². The van der Waals surface area contributed by atoms with Gasteiger partial charge in [-0.25, -0.2) is 9.66 Å². The number of hydrogen-bond donors (Lipinski definition) is 3. The zero-order valence-electron chi connectivity index (χ0n) is 14.9. The number of aromatic nitrogens is 5. The largest absolute Gasteiger partial charge is 0.510 e. The Morgan fingerprint density at radius 2 is 1.97 bits per heavy atom. The van der Waals surface area contributed by atoms with E-state index in [-0.39, 0.29) is 17.1 Å². The van der Waals surface area contributed by atoms with Crippen molar-refractivity contribution in [2.75, 3.05) is 11.6 Å². The van der Waals surface area contributed by atoms with Gasteiger partial charge in [0.15, 0.2) is 11.6 Å². The SMILES string of the molecule is N#CC(=C(O)CSc1nnc(-c2ccc(Cl)cc2)n1N)c1nc2ccccc2[nH]1. The van der Waals surface area contributed by atoms with E-state index in [4.69, 9.17) is 17.4 Å². The third kappa shape index (κ3) is 3.76. The van der Waals surface area contributed by atoms with E-state index < -0.39 is 0 Å². The molecule has 0 amide bonds. The Labute approximate surface area is 174 Å². The molecule has 2 aromatic carbocycles. The lowest BCUT2D eigenvalue weighted by atomic mass is 10.2. The average molecular weight is 424 g/mol. The lowest BCUT2D eigenvalue weighted by Gasteiger charge is -2.04. The fourth-order valence-corrected chi connectivity index (χ4v) is 3.56. The van der Waals surface area contributed by atoms with Gasteiger partial charge in [0.1, 0.15) is 17.4 Å². The molecule has 8 nitrogen and oxygen atoms in total. The summed E-state index contributed by atoms with van der Waals surface area (Å²) in [7, 11) is 0. The quantitative estimate of drug-likeness (QED) is 0.193. The summed E-state index contributed by atoms with van der Waals surface area (Å²) in [6.07, 6.45) is 0. The highest BCUT2D eigenvalue weighted by Gasteiger charge is 2.16. The fraction of sp³-hybridized carbons (Fsp3) is 0.0526. The van der Waals surface area contributed by atoms with Crippen molar-refractivity contribution in [3.8, 4) is 17.5 Å². The molecule has 10 heteroatoms. The van der Waals surface area contributed by atoms with Gasteiger partial charge in [-0.3, -0.25) is 0 Å². The maximum absolute atomic E-state index is 10.5. The maximum Gasteiger partial charge on any atom is 0.210 e. The van der Waals surface area contributed by atoms with Crippen molar-refractivity contribution in [2.24, 2.45) is 0 Å². The van der Waals surface area contributed by atoms with E-state index in [2.05, 4.69) is 20.2 Å². The zero-order valence-corrected chi connectivity index (χ0v) is 16.4. The Hall–Kier alpha value is -3.48. The number of nitrogens with two attached hydrogens (primary N) is 1. The summed E-state index contributed by atoms with van der Waals surface area (Å²) in [5, 5.41) is 29.1. The third-order valence-corrected chi connectivity index (χ3v) is 5.34. The summed E-state index contributed by atoms with van der Waals surface area (Å²) >= 11 is 7.06. The van der Waals surface area contributed by atoms with Crippen molar-refractivity contribution in [1.29, 1.82) is 5.26 Å². The zero-order chi connectivity index (χ0) is 20.4. The normalized spacial score (nSPS) is 12.0. The summed E-state index contributed by atoms with van der Waals surface area (Å²) in [6.45, 7) is 0. The van der Waals surface area contributed by atoms with Gasteiger partial charge in [0, 0.05) is 10.6 Å². The number of halogens is 1. The molecule has 0 radical (unpaired) electrons. The lowest BCUT2D eigenvalue weighted by molar-refractivity contribution is 0.420. The first kappa shape index (κ1) is 18.9. The van der Waals surface area contributed by atoms with E-state index in [1.165, 1.54) is 4.68 Å². The van der Waals surface area contributed by atoms with Crippen LogP contribution in [0.4, 0.5) is 0 Å². The van der Waals surface area contributed by atoms with Crippen LogP contribution >= 0.6 is 23.4 Å². The Morgan fingerprint density at radius 1 is 1.21 bits per heavy atom. The van der Waals surface area contributed by atoms with Crippen LogP contribution in [-0.2, 0) is 0 Å². The van der Waals surface area contributed by atoms with Gasteiger partial charge in [0.25, 0.3) is 0 Å². The van der Waals surface area contributed by atoms with E-state index in [1.54, 1.807) is 24.3 Å². The maximum atomic E-state index is 10.5. The van der Waals surface area contributed by atoms with Gasteiger partial charge in [-0.15, -0.1) is 10.2 Å². The number of allylic oxidation sites excluding steroid dienone is 1. The van der Waals surface area contributed by atoms with Gasteiger partial charge in [-0.05, 0) is 36.4 Å². The number of aromatic amines is 1. The first-order chi connectivity index (χ1) is 14.1. The van der Waals surface area contributed by atoms with Gasteiger partial charge in [-0.2, -0.15) is 5.26 Å². The molecule has 0 saturated heterocycles. The number of imidazole rings is 1. The lowest BCUT2D eigenvalue weighted by Crippen LogP contribution is -2.11. The van der Waals surface area contributed by atoms with Crippen molar-refractivity contribution < 1.29 is 5.11 Å². The van der Waals surface area contributed by atoms with Crippen molar-refractivity contribution in [2.45, 2.75) is 5.16 Å². The number of nitrogens with one attached hydrogen (secondary N) is 1. The van der Waals surface area contributed by atoms with Crippen LogP contribution in [0.5, 0.6) is 0 Å². The summed E-state index contributed by atoms with van der Waals surface area (Å²) < 4.78 is 1.33. The highest BCUT2D eigenvalue weighted by molar-refractivity contribution is 7.99. The van der Waals surface area contributed by atoms with Crippen LogP contribution in [0, 0.1) is 11.3 Å². The van der Waals surface area contributed by atoms with E-state index in [1.807, 2.05) is 30.3 Å². The molecule has 4 N–H and O–H groups in total. The number of nitriles is 1. The summed E-state index contributed by atoms with van der Waals surface area (Å²) in [5.74, 6) is 6.81. The molecule has 0 aliphatic rings. The monoisotopic (exact) mass is 423 g/mol. The number of nitrogen functional groups attached to an aromatic ring is 1. The van der Waals surface area contributed by atoms with Gasteiger partial charge in [0.05, 0.1) is 16.8 Å². The van der Waals surface area contributed by atoms with Crippen LogP contribution in [0.2, 0.25) is 5.02 Å².